The van der Waals surface area contributed by atoms with E-state index >= 15 is 0 Å². The summed E-state index contributed by atoms with van der Waals surface area (Å²) in [6, 6.07) is 9.95. The molecule has 1 aromatic carbocycles. The van der Waals surface area contributed by atoms with Crippen LogP contribution in [-0.2, 0) is 4.79 Å². The highest BCUT2D eigenvalue weighted by atomic mass is 16.2. The summed E-state index contributed by atoms with van der Waals surface area (Å²) in [6.07, 6.45) is 2.31. The molecule has 1 atom stereocenters. The van der Waals surface area contributed by atoms with E-state index in [9.17, 15) is 9.59 Å². The summed E-state index contributed by atoms with van der Waals surface area (Å²) in [4.78, 5) is 23.4. The monoisotopic (exact) mass is 303 g/mol. The molecule has 5 heteroatoms. The number of carbonyl (C=O) groups excluding carboxylic acids is 2. The summed E-state index contributed by atoms with van der Waals surface area (Å²) < 4.78 is 0. The second kappa shape index (κ2) is 7.82. The lowest BCUT2D eigenvalue weighted by Crippen LogP contribution is -2.42. The molecule has 5 nitrogen and oxygen atoms in total. The molecule has 0 saturated heterocycles. The van der Waals surface area contributed by atoms with Crippen molar-refractivity contribution in [2.45, 2.75) is 32.7 Å². The molecular weight excluding hydrogens is 278 g/mol. The SMILES string of the molecule is CC(C)C(=O)NCCNC(=O)NC(c1ccccc1)C1CC1. The van der Waals surface area contributed by atoms with E-state index < -0.39 is 0 Å². The van der Waals surface area contributed by atoms with Crippen molar-refractivity contribution >= 4 is 11.9 Å². The van der Waals surface area contributed by atoms with Gasteiger partial charge in [-0.1, -0.05) is 44.2 Å². The van der Waals surface area contributed by atoms with Gasteiger partial charge in [0.15, 0.2) is 0 Å². The van der Waals surface area contributed by atoms with Crippen LogP contribution in [0.25, 0.3) is 0 Å². The third-order valence-corrected chi connectivity index (χ3v) is 3.77. The van der Waals surface area contributed by atoms with Crippen LogP contribution in [0.3, 0.4) is 0 Å². The third-order valence-electron chi connectivity index (χ3n) is 3.77. The van der Waals surface area contributed by atoms with Crippen molar-refractivity contribution in [2.24, 2.45) is 11.8 Å². The number of nitrogens with one attached hydrogen (secondary N) is 3. The number of amides is 3. The first-order chi connectivity index (χ1) is 10.6. The van der Waals surface area contributed by atoms with Crippen molar-refractivity contribution < 1.29 is 9.59 Å². The molecule has 3 N–H and O–H groups in total. The smallest absolute Gasteiger partial charge is 0.315 e. The van der Waals surface area contributed by atoms with E-state index in [0.717, 1.165) is 18.4 Å². The fourth-order valence-electron chi connectivity index (χ4n) is 2.32. The average molecular weight is 303 g/mol. The minimum absolute atomic E-state index is 0.00218. The number of benzene rings is 1. The zero-order valence-corrected chi connectivity index (χ0v) is 13.3. The first-order valence-electron chi connectivity index (χ1n) is 7.95. The maximum absolute atomic E-state index is 12.0. The Kier molecular flexibility index (Phi) is 5.81. The van der Waals surface area contributed by atoms with E-state index in [1.165, 1.54) is 0 Å². The zero-order chi connectivity index (χ0) is 15.9. The fraction of sp³-hybridized carbons (Fsp3) is 0.529. The van der Waals surface area contributed by atoms with Gasteiger partial charge in [-0.15, -0.1) is 0 Å². The molecule has 0 radical (unpaired) electrons. The molecule has 1 unspecified atom stereocenters. The highest BCUT2D eigenvalue weighted by molar-refractivity contribution is 5.78. The molecule has 1 fully saturated rings. The Morgan fingerprint density at radius 3 is 2.32 bits per heavy atom. The molecule has 1 aliphatic carbocycles. The Hall–Kier alpha value is -2.04. The first kappa shape index (κ1) is 16.3. The number of hydrogen-bond acceptors (Lipinski definition) is 2. The normalized spacial score (nSPS) is 15.2. The predicted molar refractivity (Wildman–Crippen MR) is 86.3 cm³/mol. The zero-order valence-electron chi connectivity index (χ0n) is 13.3. The maximum atomic E-state index is 12.0. The topological polar surface area (TPSA) is 70.2 Å². The molecule has 3 amide bonds. The standard InChI is InChI=1S/C17H25N3O2/c1-12(2)16(21)18-10-11-19-17(22)20-15(14-8-9-14)13-6-4-3-5-7-13/h3-7,12,14-15H,8-11H2,1-2H3,(H,18,21)(H2,19,20,22). The lowest BCUT2D eigenvalue weighted by Gasteiger charge is -2.19. The number of hydrogen-bond donors (Lipinski definition) is 3. The van der Waals surface area contributed by atoms with E-state index in [2.05, 4.69) is 16.0 Å². The fourth-order valence-corrected chi connectivity index (χ4v) is 2.32. The van der Waals surface area contributed by atoms with Crippen molar-refractivity contribution in [2.75, 3.05) is 13.1 Å². The summed E-state index contributed by atoms with van der Waals surface area (Å²) in [5.74, 6) is 0.502. The molecule has 120 valence electrons. The van der Waals surface area contributed by atoms with Crippen LogP contribution in [0.1, 0.15) is 38.3 Å². The van der Waals surface area contributed by atoms with Crippen molar-refractivity contribution in [1.82, 2.24) is 16.0 Å². The molecule has 0 bridgehead atoms. The van der Waals surface area contributed by atoms with Gasteiger partial charge < -0.3 is 16.0 Å². The van der Waals surface area contributed by atoms with Crippen LogP contribution in [-0.4, -0.2) is 25.0 Å². The summed E-state index contributed by atoms with van der Waals surface area (Å²) in [5, 5.41) is 8.61. The van der Waals surface area contributed by atoms with E-state index in [0.29, 0.717) is 19.0 Å². The summed E-state index contributed by atoms with van der Waals surface area (Å²) in [6.45, 7) is 4.56. The number of urea groups is 1. The Morgan fingerprint density at radius 2 is 1.73 bits per heavy atom. The Bertz CT molecular complexity index is 498. The summed E-state index contributed by atoms with van der Waals surface area (Å²) in [5.41, 5.74) is 1.15. The van der Waals surface area contributed by atoms with Gasteiger partial charge in [0.25, 0.3) is 0 Å². The molecule has 1 saturated carbocycles. The van der Waals surface area contributed by atoms with Gasteiger partial charge >= 0.3 is 6.03 Å². The molecule has 2 rings (SSSR count). The molecule has 1 aliphatic rings. The van der Waals surface area contributed by atoms with E-state index in [-0.39, 0.29) is 23.9 Å². The van der Waals surface area contributed by atoms with Crippen molar-refractivity contribution in [3.63, 3.8) is 0 Å². The summed E-state index contributed by atoms with van der Waals surface area (Å²) >= 11 is 0. The lowest BCUT2D eigenvalue weighted by molar-refractivity contribution is -0.123. The van der Waals surface area contributed by atoms with Gasteiger partial charge in [0.1, 0.15) is 0 Å². The van der Waals surface area contributed by atoms with Crippen molar-refractivity contribution in [3.8, 4) is 0 Å². The number of carbonyl (C=O) groups is 2. The van der Waals surface area contributed by atoms with Crippen LogP contribution in [0.15, 0.2) is 30.3 Å². The average Bonchev–Trinajstić information content (AvgIpc) is 3.34. The van der Waals surface area contributed by atoms with Gasteiger partial charge in [-0.3, -0.25) is 4.79 Å². The maximum Gasteiger partial charge on any atom is 0.315 e. The van der Waals surface area contributed by atoms with E-state index in [4.69, 9.17) is 0 Å². The largest absolute Gasteiger partial charge is 0.354 e. The van der Waals surface area contributed by atoms with E-state index in [1.54, 1.807) is 0 Å². The van der Waals surface area contributed by atoms with E-state index in [1.807, 2.05) is 44.2 Å². The van der Waals surface area contributed by atoms with Gasteiger partial charge in [-0.05, 0) is 24.3 Å². The highest BCUT2D eigenvalue weighted by Gasteiger charge is 2.33. The van der Waals surface area contributed by atoms with Crippen LogP contribution in [0.2, 0.25) is 0 Å². The van der Waals surface area contributed by atoms with Gasteiger partial charge in [0.05, 0.1) is 6.04 Å². The molecular formula is C17H25N3O2. The summed E-state index contributed by atoms with van der Waals surface area (Å²) in [7, 11) is 0. The molecule has 22 heavy (non-hydrogen) atoms. The van der Waals surface area contributed by atoms with Crippen LogP contribution in [0.4, 0.5) is 4.79 Å². The minimum atomic E-state index is -0.181. The molecule has 0 spiro atoms. The Labute approximate surface area is 131 Å². The molecule has 0 aliphatic heterocycles. The minimum Gasteiger partial charge on any atom is -0.354 e. The first-order valence-corrected chi connectivity index (χ1v) is 7.95. The number of rotatable bonds is 7. The quantitative estimate of drug-likeness (QED) is 0.676. The second-order valence-electron chi connectivity index (χ2n) is 6.07. The van der Waals surface area contributed by atoms with Gasteiger partial charge in [-0.25, -0.2) is 4.79 Å². The van der Waals surface area contributed by atoms with Gasteiger partial charge in [-0.2, -0.15) is 0 Å². The molecule has 0 aromatic heterocycles. The van der Waals surface area contributed by atoms with Gasteiger partial charge in [0, 0.05) is 19.0 Å². The van der Waals surface area contributed by atoms with Crippen LogP contribution < -0.4 is 16.0 Å². The second-order valence-corrected chi connectivity index (χ2v) is 6.07. The van der Waals surface area contributed by atoms with Crippen LogP contribution >= 0.6 is 0 Å². The van der Waals surface area contributed by atoms with Gasteiger partial charge in [0.2, 0.25) is 5.91 Å². The van der Waals surface area contributed by atoms with Crippen LogP contribution in [0.5, 0.6) is 0 Å². The Morgan fingerprint density at radius 1 is 1.09 bits per heavy atom. The van der Waals surface area contributed by atoms with Crippen molar-refractivity contribution in [1.29, 1.82) is 0 Å². The third kappa shape index (κ3) is 5.06. The predicted octanol–water partition coefficient (Wildman–Crippen LogP) is 2.21. The van der Waals surface area contributed by atoms with Crippen LogP contribution in [0, 0.1) is 11.8 Å². The molecule has 0 heterocycles. The Balaban J connectivity index is 1.74. The highest BCUT2D eigenvalue weighted by Crippen LogP contribution is 2.40. The lowest BCUT2D eigenvalue weighted by atomic mass is 10.0. The molecule has 1 aromatic rings. The van der Waals surface area contributed by atoms with Crippen molar-refractivity contribution in [3.05, 3.63) is 35.9 Å².